The van der Waals surface area contributed by atoms with Gasteiger partial charge in [-0.2, -0.15) is 0 Å². The molecule has 3 aromatic carbocycles. The highest BCUT2D eigenvalue weighted by molar-refractivity contribution is 5.83. The van der Waals surface area contributed by atoms with Crippen LogP contribution in [0, 0.1) is 0 Å². The highest BCUT2D eigenvalue weighted by Gasteiger charge is 2.08. The normalized spacial score (nSPS) is 15.2. The van der Waals surface area contributed by atoms with E-state index in [4.69, 9.17) is 0 Å². The molecule has 132 valence electrons. The monoisotopic (exact) mass is 340 g/mol. The van der Waals surface area contributed by atoms with E-state index in [0.717, 1.165) is 0 Å². The van der Waals surface area contributed by atoms with Gasteiger partial charge in [0, 0.05) is 0 Å². The van der Waals surface area contributed by atoms with E-state index in [1.165, 1.54) is 84.7 Å². The van der Waals surface area contributed by atoms with Crippen molar-refractivity contribution >= 4 is 0 Å². The Labute approximate surface area is 157 Å². The lowest BCUT2D eigenvalue weighted by Gasteiger charge is -2.12. The SMILES string of the molecule is c1ccc2c(c1)-c1ccc(cc1)CCCCCCCCc1ccc-2cc1. The van der Waals surface area contributed by atoms with Gasteiger partial charge in [0.15, 0.2) is 0 Å². The summed E-state index contributed by atoms with van der Waals surface area (Å²) in [5.41, 5.74) is 8.22. The maximum Gasteiger partial charge on any atom is -0.0105 e. The van der Waals surface area contributed by atoms with Gasteiger partial charge in [-0.25, -0.2) is 0 Å². The lowest BCUT2D eigenvalue weighted by molar-refractivity contribution is 0.594. The average Bonchev–Trinajstić information content (AvgIpc) is 2.70. The summed E-state index contributed by atoms with van der Waals surface area (Å²) in [4.78, 5) is 0. The van der Waals surface area contributed by atoms with Crippen molar-refractivity contribution in [2.24, 2.45) is 0 Å². The zero-order chi connectivity index (χ0) is 17.6. The van der Waals surface area contributed by atoms with Crippen LogP contribution in [-0.4, -0.2) is 0 Å². The Hall–Kier alpha value is -2.34. The molecular weight excluding hydrogens is 312 g/mol. The van der Waals surface area contributed by atoms with Crippen molar-refractivity contribution in [3.8, 4) is 22.3 Å². The quantitative estimate of drug-likeness (QED) is 0.398. The molecule has 3 aliphatic rings. The second-order valence-corrected chi connectivity index (χ2v) is 7.56. The number of aryl methyl sites for hydroxylation is 2. The highest BCUT2D eigenvalue weighted by atomic mass is 14.1. The molecule has 0 nitrogen and oxygen atoms in total. The third-order valence-corrected chi connectivity index (χ3v) is 5.64. The standard InChI is InChI=1S/C26H28/c1-2-4-6-10-22-15-19-24(20-16-22)26-12-8-7-11-25(26)23-17-13-21(14-18-23)9-5-3-1/h7-8,11-20H,1-6,9-10H2. The van der Waals surface area contributed by atoms with Crippen LogP contribution in [0.3, 0.4) is 0 Å². The Balaban J connectivity index is 1.71. The maximum absolute atomic E-state index is 2.32. The molecule has 0 N–H and O–H groups in total. The molecule has 0 amide bonds. The fourth-order valence-electron chi connectivity index (χ4n) is 4.05. The summed E-state index contributed by atoms with van der Waals surface area (Å²) >= 11 is 0. The molecule has 0 spiro atoms. The predicted octanol–water partition coefficient (Wildman–Crippen LogP) is 7.46. The first-order valence-electron chi connectivity index (χ1n) is 10.2. The fourth-order valence-corrected chi connectivity index (χ4v) is 4.05. The smallest absolute Gasteiger partial charge is 0.0105 e. The molecular formula is C26H28. The molecule has 3 aromatic rings. The number of fused-ring (bicyclic) bond motifs is 2. The summed E-state index contributed by atoms with van der Waals surface area (Å²) in [7, 11) is 0. The summed E-state index contributed by atoms with van der Waals surface area (Å²) in [6, 6.07) is 27.2. The van der Waals surface area contributed by atoms with Gasteiger partial charge in [-0.3, -0.25) is 0 Å². The molecule has 6 rings (SSSR count). The van der Waals surface area contributed by atoms with E-state index in [0.29, 0.717) is 0 Å². The average molecular weight is 341 g/mol. The van der Waals surface area contributed by atoms with E-state index >= 15 is 0 Å². The molecule has 0 unspecified atom stereocenters. The molecule has 0 atom stereocenters. The van der Waals surface area contributed by atoms with Crippen molar-refractivity contribution in [2.45, 2.75) is 51.4 Å². The third-order valence-electron chi connectivity index (χ3n) is 5.64. The number of hydrogen-bond donors (Lipinski definition) is 0. The van der Waals surface area contributed by atoms with Crippen molar-refractivity contribution in [1.29, 1.82) is 0 Å². The van der Waals surface area contributed by atoms with Crippen LogP contribution < -0.4 is 0 Å². The molecule has 0 saturated carbocycles. The van der Waals surface area contributed by atoms with Gasteiger partial charge in [0.2, 0.25) is 0 Å². The summed E-state index contributed by atoms with van der Waals surface area (Å²) in [6.07, 6.45) is 10.5. The lowest BCUT2D eigenvalue weighted by Crippen LogP contribution is -1.91. The number of benzene rings is 3. The van der Waals surface area contributed by atoms with E-state index in [1.54, 1.807) is 0 Å². The van der Waals surface area contributed by atoms with Gasteiger partial charge >= 0.3 is 0 Å². The lowest BCUT2D eigenvalue weighted by atomic mass is 9.92. The molecule has 0 heteroatoms. The largest absolute Gasteiger partial charge is 0.0616 e. The summed E-state index contributed by atoms with van der Waals surface area (Å²) in [6.45, 7) is 0. The van der Waals surface area contributed by atoms with E-state index in [-0.39, 0.29) is 0 Å². The van der Waals surface area contributed by atoms with Crippen LogP contribution in [0.4, 0.5) is 0 Å². The van der Waals surface area contributed by atoms with Crippen LogP contribution in [0.25, 0.3) is 22.3 Å². The first kappa shape index (κ1) is 17.1. The molecule has 0 aliphatic heterocycles. The number of hydrogen-bond acceptors (Lipinski definition) is 0. The maximum atomic E-state index is 2.32. The molecule has 4 bridgehead atoms. The molecule has 0 heterocycles. The molecule has 0 fully saturated rings. The Morgan fingerprint density at radius 3 is 1.19 bits per heavy atom. The Kier molecular flexibility index (Phi) is 5.50. The topological polar surface area (TPSA) is 0 Å². The van der Waals surface area contributed by atoms with Crippen molar-refractivity contribution in [3.63, 3.8) is 0 Å². The van der Waals surface area contributed by atoms with Gasteiger partial charge in [-0.1, -0.05) is 98.5 Å². The van der Waals surface area contributed by atoms with Crippen molar-refractivity contribution in [1.82, 2.24) is 0 Å². The zero-order valence-corrected chi connectivity index (χ0v) is 15.6. The molecule has 0 radical (unpaired) electrons. The fraction of sp³-hybridized carbons (Fsp3) is 0.308. The second kappa shape index (κ2) is 8.36. The van der Waals surface area contributed by atoms with Crippen LogP contribution >= 0.6 is 0 Å². The van der Waals surface area contributed by atoms with E-state index in [1.807, 2.05) is 0 Å². The highest BCUT2D eigenvalue weighted by Crippen LogP contribution is 2.32. The van der Waals surface area contributed by atoms with Gasteiger partial charge in [0.25, 0.3) is 0 Å². The Morgan fingerprint density at radius 1 is 0.385 bits per heavy atom. The van der Waals surface area contributed by atoms with Crippen molar-refractivity contribution in [2.75, 3.05) is 0 Å². The second-order valence-electron chi connectivity index (χ2n) is 7.56. The van der Waals surface area contributed by atoms with E-state index < -0.39 is 0 Å². The zero-order valence-electron chi connectivity index (χ0n) is 15.6. The van der Waals surface area contributed by atoms with E-state index in [2.05, 4.69) is 72.8 Å². The molecule has 3 aliphatic carbocycles. The minimum atomic E-state index is 1.21. The minimum absolute atomic E-state index is 1.21. The van der Waals surface area contributed by atoms with Crippen LogP contribution in [0.2, 0.25) is 0 Å². The molecule has 0 aromatic heterocycles. The predicted molar refractivity (Wildman–Crippen MR) is 112 cm³/mol. The van der Waals surface area contributed by atoms with Gasteiger partial charge in [-0.05, 0) is 59.1 Å². The van der Waals surface area contributed by atoms with Crippen molar-refractivity contribution in [3.05, 3.63) is 83.9 Å². The first-order valence-corrected chi connectivity index (χ1v) is 10.2. The van der Waals surface area contributed by atoms with Crippen LogP contribution in [0.15, 0.2) is 72.8 Å². The van der Waals surface area contributed by atoms with Gasteiger partial charge in [-0.15, -0.1) is 0 Å². The van der Waals surface area contributed by atoms with E-state index in [9.17, 15) is 0 Å². The third kappa shape index (κ3) is 4.07. The number of rotatable bonds is 0. The summed E-state index contributed by atoms with van der Waals surface area (Å²) in [5.74, 6) is 0. The van der Waals surface area contributed by atoms with Crippen LogP contribution in [0.5, 0.6) is 0 Å². The molecule has 26 heavy (non-hydrogen) atoms. The minimum Gasteiger partial charge on any atom is -0.0616 e. The Morgan fingerprint density at radius 2 is 0.769 bits per heavy atom. The van der Waals surface area contributed by atoms with Gasteiger partial charge < -0.3 is 0 Å². The van der Waals surface area contributed by atoms with Gasteiger partial charge in [0.1, 0.15) is 0 Å². The summed E-state index contributed by atoms with van der Waals surface area (Å²) in [5, 5.41) is 0. The molecule has 0 saturated heterocycles. The van der Waals surface area contributed by atoms with Gasteiger partial charge in [0.05, 0.1) is 0 Å². The Bertz CT molecular complexity index is 752. The van der Waals surface area contributed by atoms with Crippen LogP contribution in [-0.2, 0) is 12.8 Å². The van der Waals surface area contributed by atoms with Crippen LogP contribution in [0.1, 0.15) is 49.7 Å². The summed E-state index contributed by atoms with van der Waals surface area (Å²) < 4.78 is 0. The van der Waals surface area contributed by atoms with Crippen molar-refractivity contribution < 1.29 is 0 Å². The first-order chi connectivity index (χ1) is 12.9.